The summed E-state index contributed by atoms with van der Waals surface area (Å²) in [5.74, 6) is 1.43. The van der Waals surface area contributed by atoms with Crippen molar-refractivity contribution in [3.63, 3.8) is 0 Å². The average Bonchev–Trinajstić information content (AvgIpc) is 3.50. The maximum Gasteiger partial charge on any atom is 0.261 e. The molecule has 156 valence electrons. The molecule has 2 aromatic carbocycles. The van der Waals surface area contributed by atoms with Crippen LogP contribution in [0.5, 0.6) is 11.5 Å². The molecule has 1 aliphatic heterocycles. The molecule has 7 heteroatoms. The fraction of sp³-hybridized carbons (Fsp3) is 0.167. The van der Waals surface area contributed by atoms with E-state index in [9.17, 15) is 4.79 Å². The summed E-state index contributed by atoms with van der Waals surface area (Å²) in [6.45, 7) is 2.32. The van der Waals surface area contributed by atoms with Gasteiger partial charge in [-0.2, -0.15) is 0 Å². The van der Waals surface area contributed by atoms with Crippen LogP contribution in [0.3, 0.4) is 0 Å². The lowest BCUT2D eigenvalue weighted by atomic mass is 10.1. The largest absolute Gasteiger partial charge is 0.486 e. The Morgan fingerprint density at radius 1 is 1.03 bits per heavy atom. The number of benzene rings is 2. The second kappa shape index (κ2) is 8.65. The molecule has 31 heavy (non-hydrogen) atoms. The van der Waals surface area contributed by atoms with Gasteiger partial charge in [0.1, 0.15) is 13.2 Å². The van der Waals surface area contributed by atoms with Gasteiger partial charge in [0.2, 0.25) is 0 Å². The predicted molar refractivity (Wildman–Crippen MR) is 120 cm³/mol. The summed E-state index contributed by atoms with van der Waals surface area (Å²) >= 11 is 1.47. The van der Waals surface area contributed by atoms with Crippen LogP contribution in [0.1, 0.15) is 20.8 Å². The van der Waals surface area contributed by atoms with Crippen LogP contribution < -0.4 is 14.8 Å². The van der Waals surface area contributed by atoms with Crippen molar-refractivity contribution in [1.29, 1.82) is 0 Å². The summed E-state index contributed by atoms with van der Waals surface area (Å²) in [5.41, 5.74) is 3.26. The number of imidazole rings is 1. The summed E-state index contributed by atoms with van der Waals surface area (Å²) in [6.07, 6.45) is 5.49. The number of nitrogens with zero attached hydrogens (tertiary/aromatic N) is 2. The highest BCUT2D eigenvalue weighted by atomic mass is 32.1. The lowest BCUT2D eigenvalue weighted by molar-refractivity contribution is 0.0955. The second-order valence-electron chi connectivity index (χ2n) is 7.21. The number of fused-ring (bicyclic) bond motifs is 1. The van der Waals surface area contributed by atoms with Crippen molar-refractivity contribution in [2.24, 2.45) is 0 Å². The zero-order valence-electron chi connectivity index (χ0n) is 16.8. The third kappa shape index (κ3) is 4.32. The number of aromatic nitrogens is 2. The van der Waals surface area contributed by atoms with Crippen molar-refractivity contribution in [3.8, 4) is 21.9 Å². The van der Waals surface area contributed by atoms with Crippen molar-refractivity contribution in [2.75, 3.05) is 13.2 Å². The zero-order chi connectivity index (χ0) is 21.0. The van der Waals surface area contributed by atoms with Crippen LogP contribution in [0.25, 0.3) is 10.4 Å². The topological polar surface area (TPSA) is 65.4 Å². The number of thiophene rings is 1. The number of ether oxygens (including phenoxy) is 2. The lowest BCUT2D eigenvalue weighted by Gasteiger charge is -2.18. The predicted octanol–water partition coefficient (Wildman–Crippen LogP) is 4.36. The molecule has 0 saturated heterocycles. The molecule has 4 aromatic rings. The van der Waals surface area contributed by atoms with Gasteiger partial charge in [0.05, 0.1) is 11.2 Å². The smallest absolute Gasteiger partial charge is 0.261 e. The van der Waals surface area contributed by atoms with Crippen LogP contribution in [-0.2, 0) is 13.1 Å². The highest BCUT2D eigenvalue weighted by molar-refractivity contribution is 7.17. The van der Waals surface area contributed by atoms with Gasteiger partial charge in [-0.3, -0.25) is 4.79 Å². The van der Waals surface area contributed by atoms with E-state index < -0.39 is 0 Å². The number of nitrogens with one attached hydrogen (secondary N) is 1. The van der Waals surface area contributed by atoms with E-state index in [4.69, 9.17) is 9.47 Å². The number of hydrogen-bond acceptors (Lipinski definition) is 5. The Kier molecular flexibility index (Phi) is 5.41. The van der Waals surface area contributed by atoms with Crippen LogP contribution in [0.4, 0.5) is 0 Å². The number of carbonyl (C=O) groups excluding carboxylic acids is 1. The molecule has 1 amide bonds. The molecule has 3 heterocycles. The maximum atomic E-state index is 12.8. The molecule has 0 unspecified atom stereocenters. The molecule has 5 rings (SSSR count). The van der Waals surface area contributed by atoms with Crippen molar-refractivity contribution in [2.45, 2.75) is 13.1 Å². The van der Waals surface area contributed by atoms with Gasteiger partial charge in [-0.1, -0.05) is 24.3 Å². The fourth-order valence-corrected chi connectivity index (χ4v) is 4.45. The average molecular weight is 432 g/mol. The number of carbonyl (C=O) groups is 1. The first-order valence-corrected chi connectivity index (χ1v) is 10.9. The van der Waals surface area contributed by atoms with Gasteiger partial charge in [-0.15, -0.1) is 11.3 Å². The van der Waals surface area contributed by atoms with Crippen molar-refractivity contribution >= 4 is 17.2 Å². The molecule has 0 radical (unpaired) electrons. The van der Waals surface area contributed by atoms with Crippen LogP contribution in [-0.4, -0.2) is 28.7 Å². The Morgan fingerprint density at radius 2 is 1.87 bits per heavy atom. The van der Waals surface area contributed by atoms with E-state index in [0.717, 1.165) is 39.6 Å². The van der Waals surface area contributed by atoms with Gasteiger partial charge >= 0.3 is 0 Å². The molecule has 0 atom stereocenters. The summed E-state index contributed by atoms with van der Waals surface area (Å²) in [5, 5.41) is 3.05. The van der Waals surface area contributed by atoms with E-state index in [2.05, 4.69) is 16.4 Å². The van der Waals surface area contributed by atoms with Gasteiger partial charge in [-0.25, -0.2) is 4.98 Å². The van der Waals surface area contributed by atoms with E-state index in [1.54, 1.807) is 12.5 Å². The first-order chi connectivity index (χ1) is 15.3. The van der Waals surface area contributed by atoms with Crippen LogP contribution in [0.15, 0.2) is 73.3 Å². The van der Waals surface area contributed by atoms with Gasteiger partial charge in [-0.05, 0) is 47.0 Å². The highest BCUT2D eigenvalue weighted by Crippen LogP contribution is 2.36. The first kappa shape index (κ1) is 19.4. The van der Waals surface area contributed by atoms with Gasteiger partial charge in [0.15, 0.2) is 11.5 Å². The summed E-state index contributed by atoms with van der Waals surface area (Å²) < 4.78 is 13.3. The van der Waals surface area contributed by atoms with Crippen molar-refractivity contribution in [3.05, 3.63) is 89.3 Å². The molecule has 2 aromatic heterocycles. The standard InChI is InChI=1S/C24H21N3O3S/c28-24(26-14-18-3-1-2-4-19(18)15-27-10-9-25-16-27)23-8-7-22(31-23)17-5-6-20-21(13-17)30-12-11-29-20/h1-10,13,16H,11-12,14-15H2,(H,26,28). The normalized spacial score (nSPS) is 12.5. The Labute approximate surface area is 184 Å². The van der Waals surface area contributed by atoms with E-state index >= 15 is 0 Å². The van der Waals surface area contributed by atoms with Gasteiger partial charge in [0, 0.05) is 30.4 Å². The molecule has 1 N–H and O–H groups in total. The summed E-state index contributed by atoms with van der Waals surface area (Å²) in [7, 11) is 0. The first-order valence-electron chi connectivity index (χ1n) is 10.1. The van der Waals surface area contributed by atoms with Gasteiger partial charge < -0.3 is 19.4 Å². The lowest BCUT2D eigenvalue weighted by Crippen LogP contribution is -2.22. The summed E-state index contributed by atoms with van der Waals surface area (Å²) in [4.78, 5) is 18.5. The Hall–Kier alpha value is -3.58. The minimum atomic E-state index is -0.0776. The maximum absolute atomic E-state index is 12.8. The van der Waals surface area contributed by atoms with Crippen molar-refractivity contribution < 1.29 is 14.3 Å². The minimum absolute atomic E-state index is 0.0776. The molecule has 0 aliphatic carbocycles. The molecule has 0 bridgehead atoms. The van der Waals surface area contributed by atoms with E-state index in [1.165, 1.54) is 11.3 Å². The quantitative estimate of drug-likeness (QED) is 0.493. The monoisotopic (exact) mass is 431 g/mol. The molecular formula is C24H21N3O3S. The van der Waals surface area contributed by atoms with E-state index in [-0.39, 0.29) is 5.91 Å². The van der Waals surface area contributed by atoms with E-state index in [1.807, 2.05) is 59.3 Å². The SMILES string of the molecule is O=C(NCc1ccccc1Cn1ccnc1)c1ccc(-c2ccc3c(c2)OCCO3)s1. The fourth-order valence-electron chi connectivity index (χ4n) is 3.54. The molecule has 0 saturated carbocycles. The van der Waals surface area contributed by atoms with Crippen LogP contribution >= 0.6 is 11.3 Å². The Bertz CT molecular complexity index is 1200. The zero-order valence-corrected chi connectivity index (χ0v) is 17.6. The Balaban J connectivity index is 1.27. The highest BCUT2D eigenvalue weighted by Gasteiger charge is 2.15. The molecular weight excluding hydrogens is 410 g/mol. The molecule has 6 nitrogen and oxygen atoms in total. The van der Waals surface area contributed by atoms with E-state index in [0.29, 0.717) is 24.6 Å². The number of rotatable bonds is 6. The van der Waals surface area contributed by atoms with Crippen molar-refractivity contribution in [1.82, 2.24) is 14.9 Å². The molecule has 1 aliphatic rings. The number of hydrogen-bond donors (Lipinski definition) is 1. The Morgan fingerprint density at radius 3 is 2.71 bits per heavy atom. The third-order valence-electron chi connectivity index (χ3n) is 5.13. The summed E-state index contributed by atoms with van der Waals surface area (Å²) in [6, 6.07) is 17.8. The molecule has 0 spiro atoms. The van der Waals surface area contributed by atoms with Crippen LogP contribution in [0.2, 0.25) is 0 Å². The number of amides is 1. The third-order valence-corrected chi connectivity index (χ3v) is 6.26. The minimum Gasteiger partial charge on any atom is -0.486 e. The van der Waals surface area contributed by atoms with Crippen LogP contribution in [0, 0.1) is 0 Å². The second-order valence-corrected chi connectivity index (χ2v) is 8.29. The van der Waals surface area contributed by atoms with Gasteiger partial charge in [0.25, 0.3) is 5.91 Å². The molecule has 0 fully saturated rings.